The Morgan fingerprint density at radius 3 is 2.50 bits per heavy atom. The van der Waals surface area contributed by atoms with Gasteiger partial charge >= 0.3 is 0 Å². The molecule has 1 aromatic heterocycles. The summed E-state index contributed by atoms with van der Waals surface area (Å²) in [5.41, 5.74) is 2.15. The summed E-state index contributed by atoms with van der Waals surface area (Å²) in [5, 5.41) is 7.19. The lowest BCUT2D eigenvalue weighted by atomic mass is 10.2. The SMILES string of the molecule is O=S(=O)(CCNCc1ccsc1)NCc1ccccc1. The van der Waals surface area contributed by atoms with Gasteiger partial charge in [0.15, 0.2) is 0 Å². The molecule has 20 heavy (non-hydrogen) atoms. The van der Waals surface area contributed by atoms with E-state index in [1.165, 1.54) is 5.56 Å². The molecule has 6 heteroatoms. The van der Waals surface area contributed by atoms with Gasteiger partial charge in [-0.3, -0.25) is 0 Å². The van der Waals surface area contributed by atoms with Gasteiger partial charge < -0.3 is 5.32 Å². The van der Waals surface area contributed by atoms with E-state index in [2.05, 4.69) is 15.4 Å². The zero-order chi connectivity index (χ0) is 14.3. The van der Waals surface area contributed by atoms with Crippen LogP contribution in [0.5, 0.6) is 0 Å². The zero-order valence-corrected chi connectivity index (χ0v) is 12.7. The number of hydrogen-bond acceptors (Lipinski definition) is 4. The molecule has 1 aromatic carbocycles. The second kappa shape index (κ2) is 7.54. The van der Waals surface area contributed by atoms with Crippen LogP contribution in [-0.2, 0) is 23.1 Å². The van der Waals surface area contributed by atoms with Crippen LogP contribution >= 0.6 is 11.3 Å². The van der Waals surface area contributed by atoms with Crippen molar-refractivity contribution >= 4 is 21.4 Å². The van der Waals surface area contributed by atoms with Gasteiger partial charge in [-0.2, -0.15) is 11.3 Å². The summed E-state index contributed by atoms with van der Waals surface area (Å²) in [6, 6.07) is 11.5. The topological polar surface area (TPSA) is 58.2 Å². The molecule has 2 aromatic rings. The first-order valence-corrected chi connectivity index (χ1v) is 8.98. The van der Waals surface area contributed by atoms with Gasteiger partial charge in [0.05, 0.1) is 5.75 Å². The van der Waals surface area contributed by atoms with Crippen LogP contribution < -0.4 is 10.0 Å². The Kier molecular flexibility index (Phi) is 5.72. The monoisotopic (exact) mass is 310 g/mol. The highest BCUT2D eigenvalue weighted by Crippen LogP contribution is 2.04. The van der Waals surface area contributed by atoms with Crippen molar-refractivity contribution in [3.05, 3.63) is 58.3 Å². The van der Waals surface area contributed by atoms with Crippen molar-refractivity contribution < 1.29 is 8.42 Å². The summed E-state index contributed by atoms with van der Waals surface area (Å²) >= 11 is 1.64. The van der Waals surface area contributed by atoms with Gasteiger partial charge in [0.2, 0.25) is 10.0 Å². The highest BCUT2D eigenvalue weighted by Gasteiger charge is 2.09. The van der Waals surface area contributed by atoms with Crippen molar-refractivity contribution in [2.45, 2.75) is 13.1 Å². The number of thiophene rings is 1. The fourth-order valence-electron chi connectivity index (χ4n) is 1.69. The average Bonchev–Trinajstić information content (AvgIpc) is 2.96. The van der Waals surface area contributed by atoms with E-state index in [0.717, 1.165) is 5.56 Å². The molecule has 0 saturated carbocycles. The van der Waals surface area contributed by atoms with E-state index in [1.54, 1.807) is 11.3 Å². The normalized spacial score (nSPS) is 11.6. The first-order valence-electron chi connectivity index (χ1n) is 6.39. The molecule has 0 bridgehead atoms. The standard InChI is InChI=1S/C14H18N2O2S2/c17-20(18,16-11-13-4-2-1-3-5-13)9-7-15-10-14-6-8-19-12-14/h1-6,8,12,15-16H,7,9-11H2. The van der Waals surface area contributed by atoms with Gasteiger partial charge in [0, 0.05) is 19.6 Å². The minimum Gasteiger partial charge on any atom is -0.312 e. The maximum atomic E-state index is 11.8. The van der Waals surface area contributed by atoms with Crippen LogP contribution in [0.4, 0.5) is 0 Å². The lowest BCUT2D eigenvalue weighted by Crippen LogP contribution is -2.31. The Balaban J connectivity index is 1.68. The minimum absolute atomic E-state index is 0.0873. The molecule has 2 N–H and O–H groups in total. The minimum atomic E-state index is -3.23. The first-order chi connectivity index (χ1) is 9.66. The predicted octanol–water partition coefficient (Wildman–Crippen LogP) is 1.96. The predicted molar refractivity (Wildman–Crippen MR) is 83.1 cm³/mol. The van der Waals surface area contributed by atoms with Crippen LogP contribution in [0.2, 0.25) is 0 Å². The smallest absolute Gasteiger partial charge is 0.213 e. The van der Waals surface area contributed by atoms with Gasteiger partial charge in [-0.1, -0.05) is 30.3 Å². The van der Waals surface area contributed by atoms with Crippen LogP contribution in [0.1, 0.15) is 11.1 Å². The van der Waals surface area contributed by atoms with Crippen molar-refractivity contribution in [1.82, 2.24) is 10.0 Å². The van der Waals surface area contributed by atoms with Crippen molar-refractivity contribution in [2.75, 3.05) is 12.3 Å². The first kappa shape index (κ1) is 15.2. The van der Waals surface area contributed by atoms with Crippen LogP contribution in [0.25, 0.3) is 0 Å². The molecule has 0 unspecified atom stereocenters. The van der Waals surface area contributed by atoms with Gasteiger partial charge in [-0.15, -0.1) is 0 Å². The van der Waals surface area contributed by atoms with E-state index in [-0.39, 0.29) is 5.75 Å². The summed E-state index contributed by atoms with van der Waals surface area (Å²) in [5.74, 6) is 0.0873. The van der Waals surface area contributed by atoms with Gasteiger partial charge in [-0.25, -0.2) is 13.1 Å². The number of sulfonamides is 1. The third-order valence-electron chi connectivity index (χ3n) is 2.80. The quantitative estimate of drug-likeness (QED) is 0.733. The Bertz CT molecular complexity index is 595. The lowest BCUT2D eigenvalue weighted by molar-refractivity contribution is 0.576. The molecule has 0 amide bonds. The van der Waals surface area contributed by atoms with E-state index in [1.807, 2.05) is 41.8 Å². The summed E-state index contributed by atoms with van der Waals surface area (Å²) in [6.45, 7) is 1.49. The van der Waals surface area contributed by atoms with E-state index >= 15 is 0 Å². The maximum absolute atomic E-state index is 11.8. The molecule has 0 aliphatic rings. The van der Waals surface area contributed by atoms with Crippen molar-refractivity contribution in [1.29, 1.82) is 0 Å². The molecule has 1 heterocycles. The molecule has 0 atom stereocenters. The summed E-state index contributed by atoms with van der Waals surface area (Å²) in [7, 11) is -3.23. The lowest BCUT2D eigenvalue weighted by Gasteiger charge is -2.07. The van der Waals surface area contributed by atoms with Crippen LogP contribution in [0, 0.1) is 0 Å². The van der Waals surface area contributed by atoms with E-state index in [0.29, 0.717) is 19.6 Å². The molecule has 0 saturated heterocycles. The average molecular weight is 310 g/mol. The van der Waals surface area contributed by atoms with Gasteiger partial charge in [0.25, 0.3) is 0 Å². The summed E-state index contributed by atoms with van der Waals surface area (Å²) in [6.07, 6.45) is 0. The van der Waals surface area contributed by atoms with Crippen LogP contribution in [-0.4, -0.2) is 20.7 Å². The van der Waals surface area contributed by atoms with E-state index < -0.39 is 10.0 Å². The molecule has 4 nitrogen and oxygen atoms in total. The molecule has 0 aliphatic carbocycles. The van der Waals surface area contributed by atoms with Crippen LogP contribution in [0.15, 0.2) is 47.2 Å². The second-order valence-electron chi connectivity index (χ2n) is 4.43. The Labute approximate surface area is 123 Å². The van der Waals surface area contributed by atoms with Gasteiger partial charge in [0.1, 0.15) is 0 Å². The van der Waals surface area contributed by atoms with Crippen molar-refractivity contribution in [2.24, 2.45) is 0 Å². The molecular weight excluding hydrogens is 292 g/mol. The highest BCUT2D eigenvalue weighted by atomic mass is 32.2. The number of hydrogen-bond donors (Lipinski definition) is 2. The fourth-order valence-corrected chi connectivity index (χ4v) is 3.31. The molecule has 108 valence electrons. The Morgan fingerprint density at radius 2 is 1.80 bits per heavy atom. The molecule has 0 radical (unpaired) electrons. The fraction of sp³-hybridized carbons (Fsp3) is 0.286. The summed E-state index contributed by atoms with van der Waals surface area (Å²) < 4.78 is 26.2. The largest absolute Gasteiger partial charge is 0.312 e. The molecule has 0 fully saturated rings. The number of rotatable bonds is 8. The van der Waals surface area contributed by atoms with Crippen molar-refractivity contribution in [3.8, 4) is 0 Å². The molecule has 0 aliphatic heterocycles. The molecule has 2 rings (SSSR count). The van der Waals surface area contributed by atoms with Crippen molar-refractivity contribution in [3.63, 3.8) is 0 Å². The Hall–Kier alpha value is -1.21. The van der Waals surface area contributed by atoms with E-state index in [9.17, 15) is 8.42 Å². The third kappa shape index (κ3) is 5.42. The maximum Gasteiger partial charge on any atom is 0.213 e. The van der Waals surface area contributed by atoms with Gasteiger partial charge in [-0.05, 0) is 28.0 Å². The highest BCUT2D eigenvalue weighted by molar-refractivity contribution is 7.89. The molecule has 0 spiro atoms. The molecular formula is C14H18N2O2S2. The number of benzene rings is 1. The Morgan fingerprint density at radius 1 is 1.00 bits per heavy atom. The number of nitrogens with one attached hydrogen (secondary N) is 2. The van der Waals surface area contributed by atoms with Crippen LogP contribution in [0.3, 0.4) is 0 Å². The summed E-state index contributed by atoms with van der Waals surface area (Å²) in [4.78, 5) is 0. The second-order valence-corrected chi connectivity index (χ2v) is 7.14. The van der Waals surface area contributed by atoms with E-state index in [4.69, 9.17) is 0 Å². The third-order valence-corrected chi connectivity index (χ3v) is 4.85. The zero-order valence-electron chi connectivity index (χ0n) is 11.1.